The summed E-state index contributed by atoms with van der Waals surface area (Å²) in [6, 6.07) is 0.496. The largest absolute Gasteiger partial charge is 0.461 e. The number of nitrogens with zero attached hydrogens (tertiary/aromatic N) is 2. The van der Waals surface area contributed by atoms with E-state index in [2.05, 4.69) is 16.8 Å². The molecule has 0 spiro atoms. The minimum absolute atomic E-state index is 0.331. The highest BCUT2D eigenvalue weighted by molar-refractivity contribution is 7.13. The molecule has 0 bridgehead atoms. The molecule has 0 radical (unpaired) electrons. The number of hydrogen-bond acceptors (Lipinski definition) is 5. The van der Waals surface area contributed by atoms with E-state index in [4.69, 9.17) is 4.74 Å². The maximum absolute atomic E-state index is 11.5. The van der Waals surface area contributed by atoms with Crippen molar-refractivity contribution < 1.29 is 9.53 Å². The minimum Gasteiger partial charge on any atom is -0.461 e. The van der Waals surface area contributed by atoms with Crippen LogP contribution in [0.2, 0.25) is 0 Å². The van der Waals surface area contributed by atoms with Crippen LogP contribution in [0.1, 0.15) is 37.2 Å². The van der Waals surface area contributed by atoms with Crippen molar-refractivity contribution in [2.45, 2.75) is 32.7 Å². The Hall–Kier alpha value is -1.10. The summed E-state index contributed by atoms with van der Waals surface area (Å²) >= 11 is 1.50. The highest BCUT2D eigenvalue weighted by atomic mass is 32.1. The van der Waals surface area contributed by atoms with Gasteiger partial charge in [-0.2, -0.15) is 0 Å². The van der Waals surface area contributed by atoms with Crippen molar-refractivity contribution in [1.82, 2.24) is 4.98 Å². The lowest BCUT2D eigenvalue weighted by Crippen LogP contribution is -2.30. The van der Waals surface area contributed by atoms with Crippen molar-refractivity contribution in [3.8, 4) is 0 Å². The third kappa shape index (κ3) is 2.77. The second-order valence-corrected chi connectivity index (χ2v) is 5.26. The Labute approximate surface area is 106 Å². The Balaban J connectivity index is 2.03. The number of esters is 1. The molecule has 0 aliphatic heterocycles. The molecule has 0 amide bonds. The Bertz CT molecular complexity index is 401. The van der Waals surface area contributed by atoms with Crippen LogP contribution in [0.25, 0.3) is 0 Å². The topological polar surface area (TPSA) is 42.4 Å². The minimum atomic E-state index is -0.331. The number of carbonyl (C=O) groups is 1. The summed E-state index contributed by atoms with van der Waals surface area (Å²) in [6.07, 6.45) is 2.61. The Kier molecular flexibility index (Phi) is 3.66. The molecule has 1 fully saturated rings. The summed E-state index contributed by atoms with van der Waals surface area (Å²) in [5.41, 5.74) is 0.418. The summed E-state index contributed by atoms with van der Waals surface area (Å²) < 4.78 is 4.93. The first-order valence-electron chi connectivity index (χ1n) is 5.99. The fourth-order valence-corrected chi connectivity index (χ4v) is 2.64. The normalized spacial score (nSPS) is 16.6. The van der Waals surface area contributed by atoms with Crippen LogP contribution in [0.3, 0.4) is 0 Å². The van der Waals surface area contributed by atoms with Gasteiger partial charge in [-0.25, -0.2) is 9.78 Å². The molecule has 1 aliphatic rings. The molecule has 1 saturated carbocycles. The van der Waals surface area contributed by atoms with E-state index in [0.29, 0.717) is 18.3 Å². The summed E-state index contributed by atoms with van der Waals surface area (Å²) in [5.74, 6) is 0.456. The zero-order valence-corrected chi connectivity index (χ0v) is 11.3. The molecule has 4 nitrogen and oxygen atoms in total. The number of anilines is 1. The first-order chi connectivity index (χ1) is 8.13. The van der Waals surface area contributed by atoms with E-state index < -0.39 is 0 Å². The molecular weight excluding hydrogens is 236 g/mol. The second-order valence-electron chi connectivity index (χ2n) is 4.42. The average Bonchev–Trinajstić information content (AvgIpc) is 3.04. The van der Waals surface area contributed by atoms with E-state index in [1.807, 2.05) is 7.05 Å². The van der Waals surface area contributed by atoms with Crippen molar-refractivity contribution >= 4 is 22.4 Å². The Morgan fingerprint density at radius 3 is 3.00 bits per heavy atom. The van der Waals surface area contributed by atoms with Crippen molar-refractivity contribution in [2.24, 2.45) is 5.92 Å². The Morgan fingerprint density at radius 2 is 2.41 bits per heavy atom. The van der Waals surface area contributed by atoms with E-state index in [1.54, 1.807) is 12.3 Å². The number of thiazole rings is 1. The third-order valence-electron chi connectivity index (χ3n) is 3.19. The maximum atomic E-state index is 11.5. The fraction of sp³-hybridized carbons (Fsp3) is 0.667. The highest BCUT2D eigenvalue weighted by Crippen LogP contribution is 2.36. The number of hydrogen-bond donors (Lipinski definition) is 0. The van der Waals surface area contributed by atoms with Crippen LogP contribution in [0.15, 0.2) is 5.38 Å². The van der Waals surface area contributed by atoms with Gasteiger partial charge in [0.1, 0.15) is 0 Å². The van der Waals surface area contributed by atoms with Gasteiger partial charge in [0.15, 0.2) is 10.8 Å². The average molecular weight is 254 g/mol. The van der Waals surface area contributed by atoms with Gasteiger partial charge in [0, 0.05) is 18.5 Å². The molecule has 1 unspecified atom stereocenters. The van der Waals surface area contributed by atoms with E-state index in [0.717, 1.165) is 11.0 Å². The molecule has 1 heterocycles. The van der Waals surface area contributed by atoms with Crippen LogP contribution >= 0.6 is 11.3 Å². The van der Waals surface area contributed by atoms with Gasteiger partial charge in [0.2, 0.25) is 0 Å². The number of ether oxygens (including phenoxy) is 1. The molecule has 0 N–H and O–H groups in total. The summed E-state index contributed by atoms with van der Waals surface area (Å²) in [4.78, 5) is 18.0. The lowest BCUT2D eigenvalue weighted by atomic mass is 10.2. The van der Waals surface area contributed by atoms with Crippen LogP contribution < -0.4 is 4.90 Å². The lowest BCUT2D eigenvalue weighted by Gasteiger charge is -2.23. The van der Waals surface area contributed by atoms with Gasteiger partial charge in [-0.05, 0) is 32.6 Å². The predicted molar refractivity (Wildman–Crippen MR) is 68.7 cm³/mol. The molecular formula is C12H18N2O2S. The summed E-state index contributed by atoms with van der Waals surface area (Å²) in [7, 11) is 2.04. The van der Waals surface area contributed by atoms with Crippen LogP contribution in [-0.4, -0.2) is 30.6 Å². The van der Waals surface area contributed by atoms with Crippen molar-refractivity contribution in [3.63, 3.8) is 0 Å². The summed E-state index contributed by atoms with van der Waals surface area (Å²) in [5, 5.41) is 2.66. The van der Waals surface area contributed by atoms with Crippen LogP contribution in [-0.2, 0) is 4.74 Å². The first kappa shape index (κ1) is 12.4. The van der Waals surface area contributed by atoms with Crippen LogP contribution in [0, 0.1) is 5.92 Å². The molecule has 0 saturated heterocycles. The fourth-order valence-electron chi connectivity index (χ4n) is 1.79. The molecule has 0 aromatic carbocycles. The molecule has 1 aromatic rings. The van der Waals surface area contributed by atoms with Crippen LogP contribution in [0.4, 0.5) is 5.13 Å². The quantitative estimate of drug-likeness (QED) is 0.757. The van der Waals surface area contributed by atoms with Gasteiger partial charge in [0.25, 0.3) is 0 Å². The molecule has 1 atom stereocenters. The van der Waals surface area contributed by atoms with Gasteiger partial charge in [0.05, 0.1) is 6.61 Å². The maximum Gasteiger partial charge on any atom is 0.357 e. The zero-order valence-electron chi connectivity index (χ0n) is 10.5. The first-order valence-corrected chi connectivity index (χ1v) is 6.87. The van der Waals surface area contributed by atoms with Crippen molar-refractivity contribution in [3.05, 3.63) is 11.1 Å². The van der Waals surface area contributed by atoms with Gasteiger partial charge >= 0.3 is 5.97 Å². The van der Waals surface area contributed by atoms with Crippen molar-refractivity contribution in [1.29, 1.82) is 0 Å². The molecule has 1 aliphatic carbocycles. The van der Waals surface area contributed by atoms with Gasteiger partial charge in [-0.3, -0.25) is 0 Å². The second kappa shape index (κ2) is 5.04. The van der Waals surface area contributed by atoms with Crippen molar-refractivity contribution in [2.75, 3.05) is 18.6 Å². The monoisotopic (exact) mass is 254 g/mol. The lowest BCUT2D eigenvalue weighted by molar-refractivity contribution is 0.0520. The Morgan fingerprint density at radius 1 is 1.71 bits per heavy atom. The smallest absolute Gasteiger partial charge is 0.357 e. The van der Waals surface area contributed by atoms with E-state index in [1.165, 1.54) is 24.2 Å². The van der Waals surface area contributed by atoms with E-state index in [-0.39, 0.29) is 5.97 Å². The zero-order chi connectivity index (χ0) is 12.4. The van der Waals surface area contributed by atoms with E-state index in [9.17, 15) is 4.79 Å². The number of aromatic nitrogens is 1. The molecule has 5 heteroatoms. The van der Waals surface area contributed by atoms with Gasteiger partial charge in [-0.15, -0.1) is 11.3 Å². The SMILES string of the molecule is CCOC(=O)c1csc(N(C)C(C)C2CC2)n1. The van der Waals surface area contributed by atoms with Gasteiger partial charge < -0.3 is 9.64 Å². The highest BCUT2D eigenvalue weighted by Gasteiger charge is 2.31. The summed E-state index contributed by atoms with van der Waals surface area (Å²) in [6.45, 7) is 4.40. The predicted octanol–water partition coefficient (Wildman–Crippen LogP) is 2.55. The molecule has 2 rings (SSSR count). The molecule has 1 aromatic heterocycles. The number of rotatable bonds is 5. The number of carbonyl (C=O) groups excluding carboxylic acids is 1. The van der Waals surface area contributed by atoms with Crippen LogP contribution in [0.5, 0.6) is 0 Å². The molecule has 94 valence electrons. The van der Waals surface area contributed by atoms with Gasteiger partial charge in [-0.1, -0.05) is 0 Å². The van der Waals surface area contributed by atoms with E-state index >= 15 is 0 Å². The third-order valence-corrected chi connectivity index (χ3v) is 4.12. The molecule has 17 heavy (non-hydrogen) atoms. The standard InChI is InChI=1S/C12H18N2O2S/c1-4-16-11(15)10-7-17-12(13-10)14(3)8(2)9-5-6-9/h7-9H,4-6H2,1-3H3.